The SMILES string of the molecule is Cc1ccc(C(N(C)Sc2cncc(=O)[nH]2)C(F)(F)F)cc1. The fraction of sp³-hybridized carbons (Fsp3) is 0.286. The lowest BCUT2D eigenvalue weighted by Gasteiger charge is -2.29. The van der Waals surface area contributed by atoms with Crippen molar-refractivity contribution in [2.24, 2.45) is 0 Å². The van der Waals surface area contributed by atoms with Gasteiger partial charge in [-0.2, -0.15) is 13.2 Å². The smallest absolute Gasteiger partial charge is 0.313 e. The van der Waals surface area contributed by atoms with E-state index in [0.29, 0.717) is 0 Å². The summed E-state index contributed by atoms with van der Waals surface area (Å²) in [6.07, 6.45) is -2.07. The Hall–Kier alpha value is -1.80. The molecule has 0 aliphatic carbocycles. The van der Waals surface area contributed by atoms with Crippen LogP contribution in [-0.2, 0) is 0 Å². The lowest BCUT2D eigenvalue weighted by Crippen LogP contribution is -2.32. The third-order valence-corrected chi connectivity index (χ3v) is 3.84. The Morgan fingerprint density at radius 2 is 1.86 bits per heavy atom. The number of hydrogen-bond donors (Lipinski definition) is 1. The van der Waals surface area contributed by atoms with Gasteiger partial charge < -0.3 is 4.98 Å². The molecule has 1 aromatic heterocycles. The second kappa shape index (κ2) is 6.53. The molecule has 0 bridgehead atoms. The van der Waals surface area contributed by atoms with Gasteiger partial charge in [-0.15, -0.1) is 0 Å². The number of nitrogens with one attached hydrogen (secondary N) is 1. The second-order valence-electron chi connectivity index (χ2n) is 4.75. The molecule has 0 saturated heterocycles. The van der Waals surface area contributed by atoms with Gasteiger partial charge in [-0.05, 0) is 31.5 Å². The number of halogens is 3. The molecule has 0 fully saturated rings. The zero-order valence-corrected chi connectivity index (χ0v) is 12.7. The minimum atomic E-state index is -4.44. The monoisotopic (exact) mass is 329 g/mol. The fourth-order valence-corrected chi connectivity index (χ4v) is 2.88. The van der Waals surface area contributed by atoms with E-state index in [0.717, 1.165) is 28.0 Å². The summed E-state index contributed by atoms with van der Waals surface area (Å²) in [7, 11) is 1.33. The van der Waals surface area contributed by atoms with Gasteiger partial charge in [-0.1, -0.05) is 29.8 Å². The van der Waals surface area contributed by atoms with Crippen molar-refractivity contribution in [3.8, 4) is 0 Å². The van der Waals surface area contributed by atoms with Crippen LogP contribution < -0.4 is 5.56 Å². The van der Waals surface area contributed by atoms with Gasteiger partial charge in [0.05, 0.1) is 12.4 Å². The Bertz CT molecular complexity index is 685. The molecule has 1 heterocycles. The zero-order chi connectivity index (χ0) is 16.3. The standard InChI is InChI=1S/C14H14F3N3OS/c1-9-3-5-10(6-4-9)13(14(15,16)17)20(2)22-12-8-18-7-11(21)19-12/h3-8,13H,1-2H3,(H,19,21). The maximum atomic E-state index is 13.4. The largest absolute Gasteiger partial charge is 0.408 e. The van der Waals surface area contributed by atoms with Gasteiger partial charge in [-0.3, -0.25) is 9.78 Å². The Balaban J connectivity index is 2.29. The zero-order valence-electron chi connectivity index (χ0n) is 11.9. The number of aromatic nitrogens is 2. The third kappa shape index (κ3) is 4.11. The van der Waals surface area contributed by atoms with Crippen molar-refractivity contribution in [1.82, 2.24) is 14.3 Å². The summed E-state index contributed by atoms with van der Waals surface area (Å²) in [6.45, 7) is 1.81. The quantitative estimate of drug-likeness (QED) is 0.874. The maximum absolute atomic E-state index is 13.4. The molecule has 0 saturated carbocycles. The lowest BCUT2D eigenvalue weighted by molar-refractivity contribution is -0.169. The molecule has 4 nitrogen and oxygen atoms in total. The number of aromatic amines is 1. The van der Waals surface area contributed by atoms with Crippen LogP contribution in [0.2, 0.25) is 0 Å². The number of benzene rings is 1. The van der Waals surface area contributed by atoms with Crippen molar-refractivity contribution in [1.29, 1.82) is 0 Å². The predicted molar refractivity (Wildman–Crippen MR) is 78.5 cm³/mol. The molecule has 2 rings (SSSR count). The van der Waals surface area contributed by atoms with E-state index >= 15 is 0 Å². The van der Waals surface area contributed by atoms with Crippen molar-refractivity contribution in [2.75, 3.05) is 7.05 Å². The summed E-state index contributed by atoms with van der Waals surface area (Å²) in [4.78, 5) is 17.3. The van der Waals surface area contributed by atoms with Crippen LogP contribution in [0.4, 0.5) is 13.2 Å². The Labute approximate surface area is 129 Å². The molecule has 0 radical (unpaired) electrons. The van der Waals surface area contributed by atoms with Crippen LogP contribution in [0.3, 0.4) is 0 Å². The highest BCUT2D eigenvalue weighted by atomic mass is 32.2. The van der Waals surface area contributed by atoms with Crippen LogP contribution in [0.25, 0.3) is 0 Å². The number of rotatable bonds is 4. The first-order chi connectivity index (χ1) is 10.3. The number of aryl methyl sites for hydroxylation is 1. The first kappa shape index (κ1) is 16.6. The van der Waals surface area contributed by atoms with E-state index in [1.807, 2.05) is 6.92 Å². The summed E-state index contributed by atoms with van der Waals surface area (Å²) in [6, 6.07) is 4.39. The number of nitrogens with zero attached hydrogens (tertiary/aromatic N) is 2. The summed E-state index contributed by atoms with van der Waals surface area (Å²) in [5.41, 5.74) is 0.563. The van der Waals surface area contributed by atoms with Crippen molar-refractivity contribution >= 4 is 11.9 Å². The number of H-pyrrole nitrogens is 1. The van der Waals surface area contributed by atoms with Crippen LogP contribution in [0.1, 0.15) is 17.2 Å². The molecule has 2 aromatic rings. The Morgan fingerprint density at radius 1 is 1.23 bits per heavy atom. The minimum absolute atomic E-state index is 0.138. The van der Waals surface area contributed by atoms with Crippen molar-refractivity contribution in [2.45, 2.75) is 24.2 Å². The highest BCUT2D eigenvalue weighted by molar-refractivity contribution is 7.97. The molecule has 0 spiro atoms. The van der Waals surface area contributed by atoms with E-state index in [9.17, 15) is 18.0 Å². The average Bonchev–Trinajstić information content (AvgIpc) is 2.39. The van der Waals surface area contributed by atoms with E-state index < -0.39 is 17.8 Å². The highest BCUT2D eigenvalue weighted by Crippen LogP contribution is 2.41. The van der Waals surface area contributed by atoms with Gasteiger partial charge in [0.1, 0.15) is 11.1 Å². The summed E-state index contributed by atoms with van der Waals surface area (Å²) in [5, 5.41) is 0.247. The van der Waals surface area contributed by atoms with E-state index in [2.05, 4.69) is 9.97 Å². The molecule has 1 N–H and O–H groups in total. The molecule has 0 aliphatic rings. The molecule has 1 atom stereocenters. The van der Waals surface area contributed by atoms with Gasteiger partial charge in [0.25, 0.3) is 5.56 Å². The van der Waals surface area contributed by atoms with E-state index in [4.69, 9.17) is 0 Å². The van der Waals surface area contributed by atoms with Crippen molar-refractivity contribution < 1.29 is 13.2 Å². The molecular formula is C14H14F3N3OS. The first-order valence-electron chi connectivity index (χ1n) is 6.36. The van der Waals surface area contributed by atoms with Crippen LogP contribution in [-0.4, -0.2) is 27.5 Å². The van der Waals surface area contributed by atoms with Crippen molar-refractivity contribution in [3.05, 3.63) is 58.1 Å². The van der Waals surface area contributed by atoms with Crippen LogP contribution in [0, 0.1) is 6.92 Å². The fourth-order valence-electron chi connectivity index (χ4n) is 1.97. The highest BCUT2D eigenvalue weighted by Gasteiger charge is 2.44. The molecule has 118 valence electrons. The predicted octanol–water partition coefficient (Wildman–Crippen LogP) is 3.32. The maximum Gasteiger partial charge on any atom is 0.408 e. The molecule has 1 unspecified atom stereocenters. The van der Waals surface area contributed by atoms with E-state index in [1.54, 1.807) is 12.1 Å². The van der Waals surface area contributed by atoms with E-state index in [-0.39, 0.29) is 10.6 Å². The molecule has 0 amide bonds. The lowest BCUT2D eigenvalue weighted by atomic mass is 10.1. The molecule has 22 heavy (non-hydrogen) atoms. The Morgan fingerprint density at radius 3 is 2.41 bits per heavy atom. The average molecular weight is 329 g/mol. The minimum Gasteiger partial charge on any atom is -0.313 e. The summed E-state index contributed by atoms with van der Waals surface area (Å²) < 4.78 is 41.2. The Kier molecular flexibility index (Phi) is 4.92. The molecular weight excluding hydrogens is 315 g/mol. The van der Waals surface area contributed by atoms with Gasteiger partial charge in [0.15, 0.2) is 0 Å². The van der Waals surface area contributed by atoms with Gasteiger partial charge >= 0.3 is 6.18 Å². The van der Waals surface area contributed by atoms with Crippen LogP contribution in [0.15, 0.2) is 46.5 Å². The first-order valence-corrected chi connectivity index (χ1v) is 7.13. The van der Waals surface area contributed by atoms with E-state index in [1.165, 1.54) is 25.4 Å². The summed E-state index contributed by atoms with van der Waals surface area (Å²) >= 11 is 0.787. The van der Waals surface area contributed by atoms with Crippen LogP contribution >= 0.6 is 11.9 Å². The second-order valence-corrected chi connectivity index (χ2v) is 5.95. The molecule has 0 aliphatic heterocycles. The molecule has 8 heteroatoms. The van der Waals surface area contributed by atoms with Gasteiger partial charge in [0, 0.05) is 0 Å². The van der Waals surface area contributed by atoms with Crippen LogP contribution in [0.5, 0.6) is 0 Å². The number of alkyl halides is 3. The van der Waals surface area contributed by atoms with Crippen molar-refractivity contribution in [3.63, 3.8) is 0 Å². The normalized spacial score (nSPS) is 13.4. The topological polar surface area (TPSA) is 49.0 Å². The summed E-state index contributed by atoms with van der Waals surface area (Å²) in [5.74, 6) is 0. The molecule has 1 aromatic carbocycles. The number of hydrogen-bond acceptors (Lipinski definition) is 4. The third-order valence-electron chi connectivity index (χ3n) is 2.94. The van der Waals surface area contributed by atoms with Gasteiger partial charge in [0.2, 0.25) is 0 Å². The van der Waals surface area contributed by atoms with Gasteiger partial charge in [-0.25, -0.2) is 4.31 Å².